The molecular formula is C125H183ClF2N16O6. The lowest BCUT2D eigenvalue weighted by atomic mass is 9.48. The minimum Gasteiger partial charge on any atom is -0.390 e. The predicted molar refractivity (Wildman–Crippen MR) is 579 cm³/mol. The summed E-state index contributed by atoms with van der Waals surface area (Å²) in [7, 11) is 1.72. The molecule has 21 saturated carbocycles. The van der Waals surface area contributed by atoms with E-state index >= 15 is 0 Å². The molecule has 22 nitrogen and oxygen atoms in total. The summed E-state index contributed by atoms with van der Waals surface area (Å²) in [5.41, 5.74) is 4.07. The zero-order chi connectivity index (χ0) is 104. The minimum atomic E-state index is -2.61. The van der Waals surface area contributed by atoms with Crippen LogP contribution in [-0.4, -0.2) is 154 Å². The smallest absolute Gasteiger partial charge is 0.266 e. The third kappa shape index (κ3) is 20.7. The second-order valence-electron chi connectivity index (χ2n) is 56.1. The highest BCUT2D eigenvalue weighted by Crippen LogP contribution is 2.73. The number of hydrogen-bond acceptors (Lipinski definition) is 17. The number of hydrogen-bond donors (Lipinski definition) is 5. The van der Waals surface area contributed by atoms with Crippen molar-refractivity contribution in [2.45, 2.75) is 410 Å². The maximum absolute atomic E-state index is 13.4. The molecule has 150 heavy (non-hydrogen) atoms. The first-order chi connectivity index (χ1) is 72.0. The number of fused-ring (bicyclic) bond motifs is 25. The van der Waals surface area contributed by atoms with E-state index in [2.05, 4.69) is 154 Å². The van der Waals surface area contributed by atoms with Gasteiger partial charge in [-0.15, -0.1) is 10.2 Å². The molecule has 5 aromatic heterocycles. The number of aromatic nitrogens is 16. The molecule has 5 N–H and O–H groups in total. The fraction of sp³-hybridized carbons (Fsp3) is 0.816. The SMILES string of the molecule is C=C(Cn1nccn1)[C@H]1CC[C@H]2[C@@H]3CC[C@@H]4C[C@](O)(C#CC5CC5)CC[C@@H]4[C@H]3CC[C@]12C.C=C(Cn1nccn1)[C@H]1CC[C@H]2[C@@H]3CC[C@@H]4C[C@](O)(C#CCl)CC[C@@H]4[C@H]3CC[C@]12C.C=C(Cn1nccn1)[C@H]1CC[C@H]2[C@@H]3CC[C@@H]4C[C@](O)(C(F)F)CC[C@@H]4[C@H]3CC[C@]12C.C=C(Cn1nccn1)[C@H]1CC[C@H]2[C@@H]3CC[C@@H]4C[C@](O)(COC)CC[C@@H]4[C@H]3CC[C@]12C.C=C(Cn1ncnn1)[C@H]1CC[C@H]2[C@@H]3CC[C@@H]4C[C@@](C)(O)CC[C@@H]4[C@H]3CC[C@]12C. The highest BCUT2D eigenvalue weighted by molar-refractivity contribution is 6.30. The molecule has 0 bridgehead atoms. The van der Waals surface area contributed by atoms with Crippen molar-refractivity contribution in [1.82, 2.24) is 80.2 Å². The van der Waals surface area contributed by atoms with E-state index in [1.165, 1.54) is 246 Å². The molecule has 21 fully saturated rings. The molecule has 5 aromatic rings. The van der Waals surface area contributed by atoms with Crippen molar-refractivity contribution in [2.24, 2.45) is 211 Å². The van der Waals surface area contributed by atoms with E-state index in [4.69, 9.17) is 16.3 Å². The number of alkyl halides is 2. The summed E-state index contributed by atoms with van der Waals surface area (Å²) in [6.07, 6.45) is 67.7. The van der Waals surface area contributed by atoms with Gasteiger partial charge >= 0.3 is 0 Å². The van der Waals surface area contributed by atoms with E-state index in [9.17, 15) is 34.3 Å². The lowest BCUT2D eigenvalue weighted by Crippen LogP contribution is -2.52. The quantitative estimate of drug-likeness (QED) is 0.0403. The van der Waals surface area contributed by atoms with Crippen LogP contribution in [0, 0.1) is 234 Å². The molecule has 0 spiro atoms. The molecule has 0 radical (unpaired) electrons. The van der Waals surface area contributed by atoms with E-state index in [-0.39, 0.29) is 17.8 Å². The van der Waals surface area contributed by atoms with Crippen molar-refractivity contribution in [2.75, 3.05) is 13.7 Å². The van der Waals surface area contributed by atoms with Gasteiger partial charge < -0.3 is 30.3 Å². The fourth-order valence-electron chi connectivity index (χ4n) is 42.5. The summed E-state index contributed by atoms with van der Waals surface area (Å²) in [5, 5.41) is 103. The van der Waals surface area contributed by atoms with Crippen molar-refractivity contribution >= 4 is 11.6 Å². The van der Waals surface area contributed by atoms with Gasteiger partial charge in [-0.1, -0.05) is 113 Å². The fourth-order valence-corrected chi connectivity index (χ4v) is 42.6. The summed E-state index contributed by atoms with van der Waals surface area (Å²) in [4.78, 5) is 8.79. The molecule has 0 aliphatic heterocycles. The van der Waals surface area contributed by atoms with Crippen LogP contribution in [0.1, 0.15) is 343 Å². The number of ether oxygens (including phenoxy) is 1. The summed E-state index contributed by atoms with van der Waals surface area (Å²) < 4.78 is 32.2. The Morgan fingerprint density at radius 1 is 0.327 bits per heavy atom. The van der Waals surface area contributed by atoms with Crippen LogP contribution in [0.2, 0.25) is 0 Å². The number of nitrogens with zero attached hydrogens (tertiary/aromatic N) is 16. The normalized spacial score (nSPS) is 45.8. The lowest BCUT2D eigenvalue weighted by molar-refractivity contribution is -0.159. The van der Waals surface area contributed by atoms with Gasteiger partial charge in [-0.25, -0.2) is 8.78 Å². The molecule has 0 unspecified atom stereocenters. The summed E-state index contributed by atoms with van der Waals surface area (Å²) in [5.74, 6) is 32.3. The highest BCUT2D eigenvalue weighted by Gasteiger charge is 2.66. The van der Waals surface area contributed by atoms with Crippen molar-refractivity contribution in [3.63, 3.8) is 0 Å². The number of halogens is 3. The Morgan fingerprint density at radius 2 is 0.620 bits per heavy atom. The molecule has 21 aliphatic rings. The number of tetrazole rings is 1. The maximum atomic E-state index is 13.4. The standard InChI is InChI=1S/C28H39N3O.C25H34ClN3O.C25H39N3O2.C24H35F2N3O.C23H36N4O/c1-19(18-31-29-15-16-30-31)25-7-8-26-24-6-5-21-17-28(32,13-9-20-3-4-20)14-11-22(21)23(24)10-12-27(25,26)2;1-17(16-29-27-13-14-28-29)22-5-6-23-21-4-3-18-15-25(30,11-12-26)10-8-19(18)20(21)7-9-24(22,23)2;1-17(15-28-26-12-13-27-28)22-6-7-23-21-5-4-18-14-25(29,16-30-3)11-9-19(18)20(21)8-10-24(22,23)2;1-15(14-29-27-11-12-28-29)20-5-6-21-19-4-3-16-13-24(30,22(25)26)10-8-17(16)18(19)7-9-23(20,21)2;1-15(13-27-25-14-24-26-27)20-6-7-21-19-5-4-16-12-22(2,28)10-8-17(16)18(19)9-11-23(20,21)3/h15-16,20-26,32H,1,3-8,10-12,14,17-18H2,2H3;13-14,18-23,30H,1,3-10,15-16H2,2H3;12-13,18-23,29H,1,4-11,14-16H2,2-3H3;11-12,16-22,30H,1,3-10,13-14H2,2H3;14,16-21,28H,1,4-13H2,2-3H3/t21-,22+,23-,24-,25-,26+,27-,28+;18-,19+,20-,21-,22-,23+,24-,25-;18-,19+,20-,21-,22-,23+,24-,25+;16-,17+,18-,19-,20-,21+,23-,24+;16-,17+,18-,19-,20-,21+,22+,23-/m11111/s1. The van der Waals surface area contributed by atoms with Crippen LogP contribution in [0.5, 0.6) is 0 Å². The summed E-state index contributed by atoms with van der Waals surface area (Å²) in [6, 6.07) is 0. The average Bonchev–Trinajstić information content (AvgIpc) is 1.55. The van der Waals surface area contributed by atoms with Gasteiger partial charge in [0, 0.05) is 18.4 Å². The Kier molecular flexibility index (Phi) is 30.8. The molecular weight excluding hydrogens is 1890 g/mol. The van der Waals surface area contributed by atoms with Crippen LogP contribution in [0.25, 0.3) is 0 Å². The van der Waals surface area contributed by atoms with Gasteiger partial charge in [0.1, 0.15) is 16.8 Å². The monoisotopic (exact) mass is 2080 g/mol. The van der Waals surface area contributed by atoms with Crippen LogP contribution in [0.3, 0.4) is 0 Å². The Balaban J connectivity index is 0.000000106. The van der Waals surface area contributed by atoms with Gasteiger partial charge in [-0.2, -0.15) is 64.8 Å². The van der Waals surface area contributed by atoms with Crippen molar-refractivity contribution in [3.8, 4) is 23.1 Å². The predicted octanol–water partition coefficient (Wildman–Crippen LogP) is 24.1. The van der Waals surface area contributed by atoms with Gasteiger partial charge in [-0.05, 0) is 530 Å². The van der Waals surface area contributed by atoms with Crippen LogP contribution in [0.15, 0.2) is 117 Å². The molecule has 0 amide bonds. The van der Waals surface area contributed by atoms with Gasteiger partial charge in [0.05, 0.1) is 100 Å². The first kappa shape index (κ1) is 108. The van der Waals surface area contributed by atoms with Gasteiger partial charge in [0.25, 0.3) is 6.43 Å². The number of methoxy groups -OCH3 is 1. The topological polar surface area (TPSA) is 277 Å². The van der Waals surface area contributed by atoms with Gasteiger partial charge in [-0.3, -0.25) is 0 Å². The molecule has 820 valence electrons. The van der Waals surface area contributed by atoms with Crippen LogP contribution in [0.4, 0.5) is 8.78 Å². The molecule has 0 aromatic carbocycles. The third-order valence-corrected chi connectivity index (χ3v) is 49.1. The van der Waals surface area contributed by atoms with Gasteiger partial charge in [0.15, 0.2) is 6.33 Å². The number of aliphatic hydroxyl groups is 5. The van der Waals surface area contributed by atoms with Crippen LogP contribution in [-0.2, 0) is 37.5 Å². The maximum Gasteiger partial charge on any atom is 0.266 e. The third-order valence-electron chi connectivity index (χ3n) is 49.0. The zero-order valence-corrected chi connectivity index (χ0v) is 92.9. The van der Waals surface area contributed by atoms with E-state index < -0.39 is 34.4 Å². The Labute approximate surface area is 899 Å². The molecule has 0 saturated heterocycles. The van der Waals surface area contributed by atoms with Crippen molar-refractivity contribution < 1.29 is 39.1 Å². The first-order valence-corrected chi connectivity index (χ1v) is 60.9. The Morgan fingerprint density at radius 3 is 0.933 bits per heavy atom. The zero-order valence-electron chi connectivity index (χ0n) is 92.1. The van der Waals surface area contributed by atoms with Gasteiger partial charge in [0.2, 0.25) is 0 Å². The Hall–Kier alpha value is -6.64. The van der Waals surface area contributed by atoms with E-state index in [1.807, 2.05) is 0 Å². The van der Waals surface area contributed by atoms with E-state index in [1.54, 1.807) is 80.7 Å². The molecule has 25 heteroatoms. The molecule has 40 atom stereocenters. The number of rotatable bonds is 18. The van der Waals surface area contributed by atoms with Crippen molar-refractivity contribution in [1.29, 1.82) is 0 Å². The Bertz CT molecular complexity index is 5640. The molecule has 26 rings (SSSR count). The minimum absolute atomic E-state index is 0.271. The first-order valence-electron chi connectivity index (χ1n) is 60.5. The van der Waals surface area contributed by atoms with Crippen molar-refractivity contribution in [3.05, 3.63) is 117 Å². The van der Waals surface area contributed by atoms with Crippen LogP contribution < -0.4 is 0 Å². The summed E-state index contributed by atoms with van der Waals surface area (Å²) >= 11 is 5.63. The summed E-state index contributed by atoms with van der Waals surface area (Å²) in [6.45, 7) is 41.4. The second-order valence-corrected chi connectivity index (χ2v) is 56.3. The van der Waals surface area contributed by atoms with Crippen LogP contribution >= 0.6 is 11.6 Å². The largest absolute Gasteiger partial charge is 0.390 e. The number of allylic oxidation sites excluding steroid dienone is 5. The van der Waals surface area contributed by atoms with E-state index in [0.29, 0.717) is 125 Å². The lowest BCUT2D eigenvalue weighted by Gasteiger charge is -2.57. The molecule has 21 aliphatic carbocycles. The molecule has 5 heterocycles. The average molecular weight is 2080 g/mol. The highest BCUT2D eigenvalue weighted by atomic mass is 35.5. The van der Waals surface area contributed by atoms with E-state index in [0.717, 1.165) is 197 Å². The second kappa shape index (κ2) is 42.9.